The van der Waals surface area contributed by atoms with Gasteiger partial charge in [-0.05, 0) is 48.0 Å². The summed E-state index contributed by atoms with van der Waals surface area (Å²) in [4.78, 5) is 22.6. The molecular formula is C24H21FN4O3. The van der Waals surface area contributed by atoms with Gasteiger partial charge in [0.25, 0.3) is 0 Å². The summed E-state index contributed by atoms with van der Waals surface area (Å²) in [5, 5.41) is 2.86. The number of pyridine rings is 1. The average molecular weight is 432 g/mol. The van der Waals surface area contributed by atoms with Crippen LogP contribution in [-0.2, 0) is 11.2 Å². The molecule has 7 nitrogen and oxygen atoms in total. The standard InChI is InChI=1S/C24H21FN4O3/c1-29(24-27-15-22(32-24)17-9-11-26-12-10-17)20-14-19(7-8-21(20)31-2)28-23(30)13-16-3-5-18(25)6-4-16/h3-12,14-15H,13H2,1-2H3,(H,28,30). The van der Waals surface area contributed by atoms with E-state index in [2.05, 4.69) is 15.3 Å². The molecule has 162 valence electrons. The second kappa shape index (κ2) is 9.30. The molecule has 4 aromatic rings. The van der Waals surface area contributed by atoms with Crippen molar-refractivity contribution in [3.63, 3.8) is 0 Å². The minimum absolute atomic E-state index is 0.131. The lowest BCUT2D eigenvalue weighted by Gasteiger charge is -2.19. The van der Waals surface area contributed by atoms with Crippen molar-refractivity contribution in [2.75, 3.05) is 24.4 Å². The molecule has 1 N–H and O–H groups in total. The van der Waals surface area contributed by atoms with Gasteiger partial charge < -0.3 is 14.5 Å². The Morgan fingerprint density at radius 2 is 1.88 bits per heavy atom. The Labute approximate surface area is 184 Å². The molecule has 0 saturated carbocycles. The first-order chi connectivity index (χ1) is 15.5. The zero-order chi connectivity index (χ0) is 22.5. The molecule has 2 heterocycles. The smallest absolute Gasteiger partial charge is 0.302 e. The molecule has 0 aliphatic heterocycles. The van der Waals surface area contributed by atoms with Gasteiger partial charge in [-0.15, -0.1) is 0 Å². The van der Waals surface area contributed by atoms with Crippen molar-refractivity contribution < 1.29 is 18.3 Å². The zero-order valence-electron chi connectivity index (χ0n) is 17.6. The van der Waals surface area contributed by atoms with Crippen LogP contribution in [0.15, 0.2) is 77.6 Å². The topological polar surface area (TPSA) is 80.5 Å². The number of rotatable bonds is 7. The van der Waals surface area contributed by atoms with Gasteiger partial charge in [-0.25, -0.2) is 9.37 Å². The lowest BCUT2D eigenvalue weighted by molar-refractivity contribution is -0.115. The number of halogens is 1. The van der Waals surface area contributed by atoms with Gasteiger partial charge in [0.15, 0.2) is 5.76 Å². The summed E-state index contributed by atoms with van der Waals surface area (Å²) in [5.41, 5.74) is 2.83. The number of methoxy groups -OCH3 is 1. The molecule has 0 spiro atoms. The first-order valence-corrected chi connectivity index (χ1v) is 9.86. The molecular weight excluding hydrogens is 411 g/mol. The monoisotopic (exact) mass is 432 g/mol. The Bertz CT molecular complexity index is 1210. The number of nitrogens with one attached hydrogen (secondary N) is 1. The Kier molecular flexibility index (Phi) is 6.12. The van der Waals surface area contributed by atoms with Crippen molar-refractivity contribution >= 4 is 23.3 Å². The van der Waals surface area contributed by atoms with Gasteiger partial charge in [-0.1, -0.05) is 12.1 Å². The third-order valence-corrected chi connectivity index (χ3v) is 4.85. The highest BCUT2D eigenvalue weighted by Gasteiger charge is 2.17. The van der Waals surface area contributed by atoms with Crippen LogP contribution in [0, 0.1) is 5.82 Å². The van der Waals surface area contributed by atoms with E-state index in [0.29, 0.717) is 28.9 Å². The second-order valence-corrected chi connectivity index (χ2v) is 7.04. The average Bonchev–Trinajstić information content (AvgIpc) is 3.31. The van der Waals surface area contributed by atoms with Crippen molar-refractivity contribution in [2.45, 2.75) is 6.42 Å². The van der Waals surface area contributed by atoms with E-state index in [1.54, 1.807) is 68.0 Å². The highest BCUT2D eigenvalue weighted by molar-refractivity contribution is 5.93. The lowest BCUT2D eigenvalue weighted by atomic mass is 10.1. The van der Waals surface area contributed by atoms with Gasteiger partial charge >= 0.3 is 6.01 Å². The van der Waals surface area contributed by atoms with Gasteiger partial charge in [0.05, 0.1) is 25.4 Å². The predicted molar refractivity (Wildman–Crippen MR) is 120 cm³/mol. The SMILES string of the molecule is COc1ccc(NC(=O)Cc2ccc(F)cc2)cc1N(C)c1ncc(-c2ccncc2)o1. The third kappa shape index (κ3) is 4.75. The van der Waals surface area contributed by atoms with E-state index in [9.17, 15) is 9.18 Å². The summed E-state index contributed by atoms with van der Waals surface area (Å²) in [6, 6.07) is 15.2. The number of ether oxygens (including phenoxy) is 1. The van der Waals surface area contributed by atoms with Crippen LogP contribution in [0.1, 0.15) is 5.56 Å². The maximum Gasteiger partial charge on any atom is 0.302 e. The Hall–Kier alpha value is -4.20. The maximum absolute atomic E-state index is 13.1. The minimum Gasteiger partial charge on any atom is -0.495 e. The number of benzene rings is 2. The van der Waals surface area contributed by atoms with Crippen LogP contribution >= 0.6 is 0 Å². The zero-order valence-corrected chi connectivity index (χ0v) is 17.6. The highest BCUT2D eigenvalue weighted by atomic mass is 19.1. The van der Waals surface area contributed by atoms with Crippen molar-refractivity contribution in [3.05, 3.63) is 84.6 Å². The number of hydrogen-bond donors (Lipinski definition) is 1. The van der Waals surface area contributed by atoms with Crippen LogP contribution in [0.25, 0.3) is 11.3 Å². The summed E-state index contributed by atoms with van der Waals surface area (Å²) < 4.78 is 24.5. The van der Waals surface area contributed by atoms with E-state index in [4.69, 9.17) is 9.15 Å². The summed E-state index contributed by atoms with van der Waals surface area (Å²) in [6.07, 6.45) is 5.14. The minimum atomic E-state index is -0.337. The molecule has 0 saturated heterocycles. The third-order valence-electron chi connectivity index (χ3n) is 4.85. The van der Waals surface area contributed by atoms with Crippen LogP contribution in [0.2, 0.25) is 0 Å². The lowest BCUT2D eigenvalue weighted by Crippen LogP contribution is -2.16. The molecule has 1 amide bonds. The van der Waals surface area contributed by atoms with Crippen molar-refractivity contribution in [1.29, 1.82) is 0 Å². The number of aromatic nitrogens is 2. The van der Waals surface area contributed by atoms with Gasteiger partial charge in [-0.3, -0.25) is 14.7 Å². The molecule has 2 aromatic heterocycles. The van der Waals surface area contributed by atoms with Crippen LogP contribution in [0.4, 0.5) is 21.8 Å². The first kappa shape index (κ1) is 21.0. The quantitative estimate of drug-likeness (QED) is 0.450. The van der Waals surface area contributed by atoms with E-state index in [-0.39, 0.29) is 18.1 Å². The number of anilines is 3. The normalized spacial score (nSPS) is 10.6. The Morgan fingerprint density at radius 1 is 1.12 bits per heavy atom. The molecule has 0 aliphatic carbocycles. The molecule has 8 heteroatoms. The molecule has 2 aromatic carbocycles. The molecule has 0 unspecified atom stereocenters. The van der Waals surface area contributed by atoms with E-state index in [1.807, 2.05) is 12.1 Å². The molecule has 32 heavy (non-hydrogen) atoms. The van der Waals surface area contributed by atoms with Gasteiger partial charge in [0.1, 0.15) is 11.6 Å². The number of amides is 1. The summed E-state index contributed by atoms with van der Waals surface area (Å²) in [5.74, 6) is 0.645. The van der Waals surface area contributed by atoms with E-state index in [1.165, 1.54) is 12.1 Å². The summed E-state index contributed by atoms with van der Waals surface area (Å²) in [6.45, 7) is 0. The number of oxazole rings is 1. The predicted octanol–water partition coefficient (Wildman–Crippen LogP) is 4.83. The van der Waals surface area contributed by atoms with Crippen molar-refractivity contribution in [3.8, 4) is 17.1 Å². The number of carbonyl (C=O) groups is 1. The van der Waals surface area contributed by atoms with Crippen LogP contribution in [0.3, 0.4) is 0 Å². The first-order valence-electron chi connectivity index (χ1n) is 9.86. The molecule has 0 fully saturated rings. The van der Waals surface area contributed by atoms with Crippen LogP contribution in [-0.4, -0.2) is 30.0 Å². The van der Waals surface area contributed by atoms with Crippen LogP contribution < -0.4 is 15.0 Å². The number of carbonyl (C=O) groups excluding carboxylic acids is 1. The van der Waals surface area contributed by atoms with Crippen molar-refractivity contribution in [2.24, 2.45) is 0 Å². The molecule has 0 atom stereocenters. The van der Waals surface area contributed by atoms with Gasteiger partial charge in [0, 0.05) is 30.7 Å². The Morgan fingerprint density at radius 3 is 2.59 bits per heavy atom. The Balaban J connectivity index is 1.53. The second-order valence-electron chi connectivity index (χ2n) is 7.04. The largest absolute Gasteiger partial charge is 0.495 e. The van der Waals surface area contributed by atoms with Crippen LogP contribution in [0.5, 0.6) is 5.75 Å². The molecule has 0 aliphatic rings. The molecule has 0 radical (unpaired) electrons. The molecule has 0 bridgehead atoms. The van der Waals surface area contributed by atoms with E-state index in [0.717, 1.165) is 11.1 Å². The molecule has 4 rings (SSSR count). The van der Waals surface area contributed by atoms with Gasteiger partial charge in [-0.2, -0.15) is 0 Å². The fourth-order valence-electron chi connectivity index (χ4n) is 3.20. The van der Waals surface area contributed by atoms with E-state index < -0.39 is 0 Å². The number of nitrogens with zero attached hydrogens (tertiary/aromatic N) is 3. The summed E-state index contributed by atoms with van der Waals surface area (Å²) >= 11 is 0. The maximum atomic E-state index is 13.1. The number of hydrogen-bond acceptors (Lipinski definition) is 6. The van der Waals surface area contributed by atoms with Crippen molar-refractivity contribution in [1.82, 2.24) is 9.97 Å². The van der Waals surface area contributed by atoms with E-state index >= 15 is 0 Å². The summed E-state index contributed by atoms with van der Waals surface area (Å²) in [7, 11) is 3.36. The fraction of sp³-hybridized carbons (Fsp3) is 0.125. The highest BCUT2D eigenvalue weighted by Crippen LogP contribution is 2.35. The fourth-order valence-corrected chi connectivity index (χ4v) is 3.20. The van der Waals surface area contributed by atoms with Gasteiger partial charge in [0.2, 0.25) is 5.91 Å².